The Balaban J connectivity index is 1.80. The van der Waals surface area contributed by atoms with E-state index in [0.717, 1.165) is 5.75 Å². The summed E-state index contributed by atoms with van der Waals surface area (Å²) in [6.45, 7) is 7.21. The van der Waals surface area contributed by atoms with Gasteiger partial charge in [-0.3, -0.25) is 0 Å². The van der Waals surface area contributed by atoms with Crippen molar-refractivity contribution in [3.63, 3.8) is 0 Å². The van der Waals surface area contributed by atoms with E-state index in [1.807, 2.05) is 0 Å². The molecular formula is C23H39N3O. The third-order valence-electron chi connectivity index (χ3n) is 7.29. The van der Waals surface area contributed by atoms with Crippen molar-refractivity contribution in [2.45, 2.75) is 44.1 Å². The number of methoxy groups -OCH3 is 1. The van der Waals surface area contributed by atoms with Crippen LogP contribution in [0.4, 0.5) is 0 Å². The molecule has 1 aliphatic heterocycles. The highest BCUT2D eigenvalue weighted by Gasteiger charge is 2.50. The molecule has 0 unspecified atom stereocenters. The molecule has 0 saturated carbocycles. The zero-order chi connectivity index (χ0) is 19.6. The number of likely N-dealkylation sites (tertiary alicyclic amines) is 1. The molecule has 2 bridgehead atoms. The third-order valence-corrected chi connectivity index (χ3v) is 7.29. The summed E-state index contributed by atoms with van der Waals surface area (Å²) in [6, 6.07) is 7.48. The number of hydrogen-bond acceptors (Lipinski definition) is 4. The number of ether oxygens (including phenoxy) is 1. The van der Waals surface area contributed by atoms with Crippen LogP contribution in [0.15, 0.2) is 18.2 Å². The maximum absolute atomic E-state index is 5.59. The molecule has 4 heteroatoms. The van der Waals surface area contributed by atoms with Gasteiger partial charge in [0.05, 0.1) is 7.11 Å². The first-order valence-corrected chi connectivity index (χ1v) is 10.6. The molecule has 27 heavy (non-hydrogen) atoms. The summed E-state index contributed by atoms with van der Waals surface area (Å²) in [4.78, 5) is 7.41. The van der Waals surface area contributed by atoms with Crippen LogP contribution < -0.4 is 4.74 Å². The van der Waals surface area contributed by atoms with Gasteiger partial charge in [-0.1, -0.05) is 13.0 Å². The molecule has 4 nitrogen and oxygen atoms in total. The SMILES string of the molecule is COc1ccc2c(c1)[C@@]1(CCN(C)CCCN(C)C)CCN(C)[C@H](C2)[C@@H]1C. The first kappa shape index (κ1) is 20.6. The molecule has 3 atom stereocenters. The average Bonchev–Trinajstić information content (AvgIpc) is 2.64. The summed E-state index contributed by atoms with van der Waals surface area (Å²) < 4.78 is 5.59. The fourth-order valence-electron chi connectivity index (χ4n) is 5.43. The summed E-state index contributed by atoms with van der Waals surface area (Å²) in [5, 5.41) is 0. The number of rotatable bonds is 8. The van der Waals surface area contributed by atoms with E-state index in [1.54, 1.807) is 18.2 Å². The molecule has 0 N–H and O–H groups in total. The zero-order valence-corrected chi connectivity index (χ0v) is 18.3. The van der Waals surface area contributed by atoms with E-state index in [9.17, 15) is 0 Å². The van der Waals surface area contributed by atoms with Crippen LogP contribution in [-0.4, -0.2) is 82.2 Å². The normalized spacial score (nSPS) is 27.9. The number of benzene rings is 1. The van der Waals surface area contributed by atoms with Crippen molar-refractivity contribution in [3.05, 3.63) is 29.3 Å². The number of hydrogen-bond donors (Lipinski definition) is 0. The molecule has 152 valence electrons. The Morgan fingerprint density at radius 3 is 2.67 bits per heavy atom. The van der Waals surface area contributed by atoms with Gasteiger partial charge < -0.3 is 19.4 Å². The minimum atomic E-state index is 0.287. The lowest BCUT2D eigenvalue weighted by Crippen LogP contribution is -2.58. The molecule has 0 amide bonds. The van der Waals surface area contributed by atoms with Gasteiger partial charge in [-0.05, 0) is 109 Å². The van der Waals surface area contributed by atoms with Gasteiger partial charge in [-0.25, -0.2) is 0 Å². The van der Waals surface area contributed by atoms with E-state index in [0.29, 0.717) is 12.0 Å². The first-order chi connectivity index (χ1) is 12.9. The molecule has 1 aromatic rings. The second-order valence-electron chi connectivity index (χ2n) is 9.18. The van der Waals surface area contributed by atoms with Gasteiger partial charge in [0.15, 0.2) is 0 Å². The maximum atomic E-state index is 5.59. The average molecular weight is 374 g/mol. The lowest BCUT2D eigenvalue weighted by atomic mass is 9.56. The standard InChI is InChI=1S/C23H39N3O/c1-18-22-16-19-8-9-20(27-6)17-21(19)23(18,11-15-26(22)5)10-14-25(4)13-7-12-24(2)3/h8-9,17-18,22H,7,10-16H2,1-6H3/t18-,22+,23-/m0/s1. The summed E-state index contributed by atoms with van der Waals surface area (Å²) >= 11 is 0. The van der Waals surface area contributed by atoms with E-state index >= 15 is 0 Å². The van der Waals surface area contributed by atoms with E-state index in [-0.39, 0.29) is 5.41 Å². The summed E-state index contributed by atoms with van der Waals surface area (Å²) in [5.74, 6) is 1.70. The Morgan fingerprint density at radius 2 is 1.96 bits per heavy atom. The van der Waals surface area contributed by atoms with Crippen molar-refractivity contribution in [1.82, 2.24) is 14.7 Å². The lowest BCUT2D eigenvalue weighted by molar-refractivity contribution is 0.0311. The molecule has 1 heterocycles. The van der Waals surface area contributed by atoms with Crippen LogP contribution in [0.5, 0.6) is 5.75 Å². The van der Waals surface area contributed by atoms with Gasteiger partial charge in [0.1, 0.15) is 5.75 Å². The first-order valence-electron chi connectivity index (χ1n) is 10.6. The van der Waals surface area contributed by atoms with Crippen molar-refractivity contribution in [3.8, 4) is 5.75 Å². The molecule has 1 fully saturated rings. The highest BCUT2D eigenvalue weighted by molar-refractivity contribution is 5.45. The molecule has 1 aromatic carbocycles. The van der Waals surface area contributed by atoms with Crippen molar-refractivity contribution < 1.29 is 4.74 Å². The molecule has 0 radical (unpaired) electrons. The predicted molar refractivity (Wildman–Crippen MR) is 114 cm³/mol. The lowest BCUT2D eigenvalue weighted by Gasteiger charge is -2.55. The highest BCUT2D eigenvalue weighted by Crippen LogP contribution is 2.51. The van der Waals surface area contributed by atoms with Crippen molar-refractivity contribution >= 4 is 0 Å². The summed E-state index contributed by atoms with van der Waals surface area (Å²) in [5.41, 5.74) is 3.40. The fourth-order valence-corrected chi connectivity index (χ4v) is 5.43. The second-order valence-corrected chi connectivity index (χ2v) is 9.18. The molecule has 0 aromatic heterocycles. The Bertz CT molecular complexity index is 632. The van der Waals surface area contributed by atoms with Crippen LogP contribution in [0.1, 0.15) is 37.3 Å². The number of fused-ring (bicyclic) bond motifs is 4. The van der Waals surface area contributed by atoms with Gasteiger partial charge in [-0.15, -0.1) is 0 Å². The Hall–Kier alpha value is -1.10. The Labute approximate surface area is 166 Å². The second kappa shape index (κ2) is 8.50. The van der Waals surface area contributed by atoms with Crippen molar-refractivity contribution in [1.29, 1.82) is 0 Å². The van der Waals surface area contributed by atoms with Gasteiger partial charge in [0.25, 0.3) is 0 Å². The topological polar surface area (TPSA) is 19.0 Å². The highest BCUT2D eigenvalue weighted by atomic mass is 16.5. The van der Waals surface area contributed by atoms with Gasteiger partial charge in [-0.2, -0.15) is 0 Å². The van der Waals surface area contributed by atoms with Crippen LogP contribution in [0.2, 0.25) is 0 Å². The Morgan fingerprint density at radius 1 is 1.19 bits per heavy atom. The fraction of sp³-hybridized carbons (Fsp3) is 0.739. The van der Waals surface area contributed by atoms with Crippen LogP contribution in [0.25, 0.3) is 0 Å². The van der Waals surface area contributed by atoms with E-state index in [1.165, 1.54) is 51.9 Å². The van der Waals surface area contributed by atoms with Gasteiger partial charge >= 0.3 is 0 Å². The largest absolute Gasteiger partial charge is 0.497 e. The van der Waals surface area contributed by atoms with E-state index in [4.69, 9.17) is 4.74 Å². The Kier molecular flexibility index (Phi) is 6.50. The number of piperidine rings is 1. The smallest absolute Gasteiger partial charge is 0.119 e. The minimum absolute atomic E-state index is 0.287. The molecule has 1 aliphatic carbocycles. The number of nitrogens with zero attached hydrogens (tertiary/aromatic N) is 3. The van der Waals surface area contributed by atoms with Crippen LogP contribution in [0, 0.1) is 5.92 Å². The zero-order valence-electron chi connectivity index (χ0n) is 18.3. The van der Waals surface area contributed by atoms with Crippen molar-refractivity contribution in [2.75, 3.05) is 61.5 Å². The van der Waals surface area contributed by atoms with Crippen LogP contribution in [0.3, 0.4) is 0 Å². The third kappa shape index (κ3) is 4.18. The molecule has 0 spiro atoms. The van der Waals surface area contributed by atoms with Gasteiger partial charge in [0, 0.05) is 11.5 Å². The monoisotopic (exact) mass is 373 g/mol. The summed E-state index contributed by atoms with van der Waals surface area (Å²) in [7, 11) is 10.7. The molecular weight excluding hydrogens is 334 g/mol. The van der Waals surface area contributed by atoms with Crippen LogP contribution >= 0.6 is 0 Å². The maximum Gasteiger partial charge on any atom is 0.119 e. The van der Waals surface area contributed by atoms with E-state index in [2.05, 4.69) is 68.0 Å². The summed E-state index contributed by atoms with van der Waals surface area (Å²) in [6.07, 6.45) is 4.92. The van der Waals surface area contributed by atoms with Gasteiger partial charge in [0.2, 0.25) is 0 Å². The minimum Gasteiger partial charge on any atom is -0.497 e. The van der Waals surface area contributed by atoms with Crippen LogP contribution in [-0.2, 0) is 11.8 Å². The predicted octanol–water partition coefficient (Wildman–Crippen LogP) is 3.10. The van der Waals surface area contributed by atoms with E-state index < -0.39 is 0 Å². The number of likely N-dealkylation sites (N-methyl/N-ethyl adjacent to an activating group) is 1. The quantitative estimate of drug-likeness (QED) is 0.697. The molecule has 1 saturated heterocycles. The molecule has 2 aliphatic rings. The molecule has 3 rings (SSSR count). The van der Waals surface area contributed by atoms with Crippen molar-refractivity contribution in [2.24, 2.45) is 5.92 Å².